The van der Waals surface area contributed by atoms with Crippen LogP contribution in [0.5, 0.6) is 0 Å². The summed E-state index contributed by atoms with van der Waals surface area (Å²) in [6, 6.07) is 4.15. The highest BCUT2D eigenvalue weighted by Crippen LogP contribution is 2.25. The Labute approximate surface area is 107 Å². The maximum absolute atomic E-state index is 11.9. The summed E-state index contributed by atoms with van der Waals surface area (Å²) in [7, 11) is -3.84. The Balaban J connectivity index is 2.41. The number of halogens is 2. The molecule has 1 aromatic carbocycles. The average molecular weight is 293 g/mol. The molecule has 0 saturated carbocycles. The fraction of sp³-hybridized carbons (Fsp3) is 0. The quantitative estimate of drug-likeness (QED) is 0.904. The lowest BCUT2D eigenvalue weighted by molar-refractivity contribution is 0.601. The molecule has 6 nitrogen and oxygen atoms in total. The first-order valence-corrected chi connectivity index (χ1v) is 6.56. The third kappa shape index (κ3) is 2.68. The van der Waals surface area contributed by atoms with Crippen LogP contribution in [0, 0.1) is 0 Å². The molecule has 0 amide bonds. The van der Waals surface area contributed by atoms with Gasteiger partial charge in [0.05, 0.1) is 5.02 Å². The normalized spacial score (nSPS) is 11.4. The van der Waals surface area contributed by atoms with Crippen molar-refractivity contribution in [2.24, 2.45) is 0 Å². The second-order valence-corrected chi connectivity index (χ2v) is 5.51. The number of rotatable bonds is 3. The number of aromatic amines is 1. The predicted molar refractivity (Wildman–Crippen MR) is 63.7 cm³/mol. The first-order chi connectivity index (χ1) is 7.99. The molecule has 9 heteroatoms. The fourth-order valence-electron chi connectivity index (χ4n) is 1.12. The van der Waals surface area contributed by atoms with Gasteiger partial charge in [-0.15, -0.1) is 0 Å². The van der Waals surface area contributed by atoms with E-state index in [1.165, 1.54) is 24.5 Å². The van der Waals surface area contributed by atoms with Gasteiger partial charge in [0.2, 0.25) is 5.95 Å². The van der Waals surface area contributed by atoms with Crippen molar-refractivity contribution in [2.75, 3.05) is 4.72 Å². The van der Waals surface area contributed by atoms with Gasteiger partial charge in [0, 0.05) is 5.02 Å². The molecule has 0 unspecified atom stereocenters. The van der Waals surface area contributed by atoms with Crippen LogP contribution in [0.15, 0.2) is 29.4 Å². The molecule has 90 valence electrons. The van der Waals surface area contributed by atoms with Gasteiger partial charge in [0.1, 0.15) is 11.2 Å². The summed E-state index contributed by atoms with van der Waals surface area (Å²) < 4.78 is 26.0. The minimum absolute atomic E-state index is 0.000965. The molecule has 0 aliphatic rings. The molecule has 0 spiro atoms. The van der Waals surface area contributed by atoms with E-state index in [0.29, 0.717) is 0 Å². The second kappa shape index (κ2) is 4.52. The monoisotopic (exact) mass is 292 g/mol. The standard InChI is InChI=1S/C8H6Cl2N4O2S/c9-5-1-2-6(10)7(3-5)17(15,16)14-8-11-4-12-13-8/h1-4H,(H2,11,12,13,14). The molecule has 0 aliphatic heterocycles. The number of sulfonamides is 1. The number of hydrogen-bond acceptors (Lipinski definition) is 4. The van der Waals surface area contributed by atoms with Crippen molar-refractivity contribution in [2.45, 2.75) is 4.90 Å². The number of aromatic nitrogens is 3. The van der Waals surface area contributed by atoms with Gasteiger partial charge in [-0.1, -0.05) is 23.2 Å². The lowest BCUT2D eigenvalue weighted by Crippen LogP contribution is -2.14. The Hall–Kier alpha value is -1.31. The Morgan fingerprint density at radius 3 is 2.71 bits per heavy atom. The zero-order valence-corrected chi connectivity index (χ0v) is 10.5. The number of nitrogens with one attached hydrogen (secondary N) is 2. The molecule has 0 saturated heterocycles. The van der Waals surface area contributed by atoms with Crippen LogP contribution >= 0.6 is 23.2 Å². The van der Waals surface area contributed by atoms with E-state index in [0.717, 1.165) is 0 Å². The number of anilines is 1. The molecule has 17 heavy (non-hydrogen) atoms. The van der Waals surface area contributed by atoms with E-state index in [2.05, 4.69) is 19.9 Å². The first kappa shape index (κ1) is 12.2. The van der Waals surface area contributed by atoms with Crippen molar-refractivity contribution in [1.82, 2.24) is 15.2 Å². The van der Waals surface area contributed by atoms with E-state index in [-0.39, 0.29) is 20.9 Å². The molecular formula is C8H6Cl2N4O2S. The Morgan fingerprint density at radius 2 is 2.06 bits per heavy atom. The SMILES string of the molecule is O=S(=O)(Nc1ncn[nH]1)c1cc(Cl)ccc1Cl. The predicted octanol–water partition coefficient (Wildman–Crippen LogP) is 1.91. The van der Waals surface area contributed by atoms with Gasteiger partial charge in [-0.05, 0) is 18.2 Å². The summed E-state index contributed by atoms with van der Waals surface area (Å²) in [4.78, 5) is 3.52. The number of H-pyrrole nitrogens is 1. The van der Waals surface area contributed by atoms with Gasteiger partial charge in [-0.2, -0.15) is 10.1 Å². The molecular weight excluding hydrogens is 287 g/mol. The van der Waals surface area contributed by atoms with Gasteiger partial charge < -0.3 is 0 Å². The van der Waals surface area contributed by atoms with Crippen molar-refractivity contribution in [3.05, 3.63) is 34.6 Å². The van der Waals surface area contributed by atoms with Gasteiger partial charge in [0.25, 0.3) is 10.0 Å². The van der Waals surface area contributed by atoms with Crippen molar-refractivity contribution in [3.63, 3.8) is 0 Å². The van der Waals surface area contributed by atoms with Crippen LogP contribution < -0.4 is 4.72 Å². The summed E-state index contributed by atoms with van der Waals surface area (Å²) >= 11 is 11.5. The maximum atomic E-state index is 11.9. The summed E-state index contributed by atoms with van der Waals surface area (Å²) in [5.41, 5.74) is 0. The number of hydrogen-bond donors (Lipinski definition) is 2. The molecule has 0 bridgehead atoms. The van der Waals surface area contributed by atoms with Crippen molar-refractivity contribution < 1.29 is 8.42 Å². The van der Waals surface area contributed by atoms with Crippen LogP contribution in [0.25, 0.3) is 0 Å². The molecule has 2 rings (SSSR count). The second-order valence-electron chi connectivity index (χ2n) is 3.01. The molecule has 0 atom stereocenters. The molecule has 0 fully saturated rings. The summed E-state index contributed by atoms with van der Waals surface area (Å²) in [5.74, 6) is 0.000965. The summed E-state index contributed by atoms with van der Waals surface area (Å²) in [5, 5.41) is 6.23. The van der Waals surface area contributed by atoms with Crippen molar-refractivity contribution >= 4 is 39.2 Å². The van der Waals surface area contributed by atoms with E-state index in [9.17, 15) is 8.42 Å². The lowest BCUT2D eigenvalue weighted by atomic mass is 10.4. The van der Waals surface area contributed by atoms with E-state index >= 15 is 0 Å². The van der Waals surface area contributed by atoms with Crippen LogP contribution in [0.2, 0.25) is 10.0 Å². The third-order valence-corrected chi connectivity index (χ3v) is 3.88. The van der Waals surface area contributed by atoms with Crippen molar-refractivity contribution in [3.8, 4) is 0 Å². The molecule has 0 radical (unpaired) electrons. The molecule has 2 aromatic rings. The molecule has 1 heterocycles. The fourth-order valence-corrected chi connectivity index (χ4v) is 2.85. The van der Waals surface area contributed by atoms with E-state index in [1.807, 2.05) is 0 Å². The minimum Gasteiger partial charge on any atom is -0.248 e. The zero-order valence-electron chi connectivity index (χ0n) is 8.18. The van der Waals surface area contributed by atoms with Gasteiger partial charge >= 0.3 is 0 Å². The van der Waals surface area contributed by atoms with E-state index < -0.39 is 10.0 Å². The molecule has 1 aromatic heterocycles. The third-order valence-electron chi connectivity index (χ3n) is 1.83. The van der Waals surface area contributed by atoms with Crippen molar-refractivity contribution in [1.29, 1.82) is 0 Å². The highest BCUT2D eigenvalue weighted by Gasteiger charge is 2.19. The van der Waals surface area contributed by atoms with Crippen LogP contribution in [-0.2, 0) is 10.0 Å². The smallest absolute Gasteiger partial charge is 0.248 e. The zero-order chi connectivity index (χ0) is 12.5. The summed E-state index contributed by atoms with van der Waals surface area (Å²) in [6.45, 7) is 0. The van der Waals surface area contributed by atoms with E-state index in [4.69, 9.17) is 23.2 Å². The van der Waals surface area contributed by atoms with Crippen LogP contribution in [-0.4, -0.2) is 23.6 Å². The highest BCUT2D eigenvalue weighted by atomic mass is 35.5. The van der Waals surface area contributed by atoms with Crippen LogP contribution in [0.4, 0.5) is 5.95 Å². The lowest BCUT2D eigenvalue weighted by Gasteiger charge is -2.06. The minimum atomic E-state index is -3.84. The van der Waals surface area contributed by atoms with Gasteiger partial charge in [-0.25, -0.2) is 18.2 Å². The average Bonchev–Trinajstić information content (AvgIpc) is 2.73. The molecule has 0 aliphatic carbocycles. The van der Waals surface area contributed by atoms with Gasteiger partial charge in [-0.3, -0.25) is 0 Å². The highest BCUT2D eigenvalue weighted by molar-refractivity contribution is 7.92. The van der Waals surface area contributed by atoms with Crippen LogP contribution in [0.3, 0.4) is 0 Å². The Kier molecular flexibility index (Phi) is 3.23. The van der Waals surface area contributed by atoms with E-state index in [1.54, 1.807) is 0 Å². The first-order valence-electron chi connectivity index (χ1n) is 4.32. The molecule has 2 N–H and O–H groups in total. The number of benzene rings is 1. The van der Waals surface area contributed by atoms with Crippen LogP contribution in [0.1, 0.15) is 0 Å². The Morgan fingerprint density at radius 1 is 1.29 bits per heavy atom. The largest absolute Gasteiger partial charge is 0.265 e. The van der Waals surface area contributed by atoms with Gasteiger partial charge in [0.15, 0.2) is 0 Å². The maximum Gasteiger partial charge on any atom is 0.265 e. The number of nitrogens with zero attached hydrogens (tertiary/aromatic N) is 2. The topological polar surface area (TPSA) is 87.7 Å². The Bertz CT molecular complexity index is 627. The summed E-state index contributed by atoms with van der Waals surface area (Å²) in [6.07, 6.45) is 1.18.